The zero-order valence-electron chi connectivity index (χ0n) is 16.2. The van der Waals surface area contributed by atoms with Crippen LogP contribution < -0.4 is 5.56 Å². The first-order chi connectivity index (χ1) is 13.5. The minimum Gasteiger partial charge on any atom is -0.329 e. The van der Waals surface area contributed by atoms with Crippen molar-refractivity contribution in [3.8, 4) is 11.4 Å². The Balaban J connectivity index is 1.67. The Morgan fingerprint density at radius 1 is 1.14 bits per heavy atom. The minimum atomic E-state index is -0.195. The molecule has 0 radical (unpaired) electrons. The summed E-state index contributed by atoms with van der Waals surface area (Å²) >= 11 is 0. The second-order valence-corrected chi connectivity index (χ2v) is 7.52. The van der Waals surface area contributed by atoms with Crippen LogP contribution in [0.5, 0.6) is 0 Å². The number of aromatic amines is 1. The highest BCUT2D eigenvalue weighted by atomic mass is 16.2. The summed E-state index contributed by atoms with van der Waals surface area (Å²) in [7, 11) is 0. The van der Waals surface area contributed by atoms with Crippen molar-refractivity contribution in [2.45, 2.75) is 39.3 Å². The number of rotatable bonds is 3. The van der Waals surface area contributed by atoms with Crippen LogP contribution in [0.3, 0.4) is 0 Å². The van der Waals surface area contributed by atoms with E-state index in [1.807, 2.05) is 44.2 Å². The predicted molar refractivity (Wildman–Crippen MR) is 106 cm³/mol. The van der Waals surface area contributed by atoms with Gasteiger partial charge in [0.15, 0.2) is 11.6 Å². The molecule has 3 aromatic rings. The van der Waals surface area contributed by atoms with Crippen molar-refractivity contribution in [1.82, 2.24) is 24.6 Å². The largest absolute Gasteiger partial charge is 0.329 e. The highest BCUT2D eigenvalue weighted by Gasteiger charge is 2.31. The van der Waals surface area contributed by atoms with E-state index in [2.05, 4.69) is 26.7 Å². The monoisotopic (exact) mass is 377 g/mol. The molecule has 0 saturated carbocycles. The fourth-order valence-electron chi connectivity index (χ4n) is 3.77. The summed E-state index contributed by atoms with van der Waals surface area (Å²) in [6.07, 6.45) is 0. The number of nitrogens with zero attached hydrogens (tertiary/aromatic N) is 4. The molecule has 0 spiro atoms. The Labute approximate surface area is 163 Å². The number of nitrogens with one attached hydrogen (secondary N) is 1. The van der Waals surface area contributed by atoms with Crippen molar-refractivity contribution in [2.24, 2.45) is 0 Å². The van der Waals surface area contributed by atoms with Gasteiger partial charge in [0.05, 0.1) is 18.2 Å². The van der Waals surface area contributed by atoms with E-state index in [9.17, 15) is 9.59 Å². The van der Waals surface area contributed by atoms with Gasteiger partial charge in [-0.15, -0.1) is 10.2 Å². The number of carbonyl (C=O) groups is 1. The molecule has 1 aromatic carbocycles. The Bertz CT molecular complexity index is 1070. The van der Waals surface area contributed by atoms with E-state index in [1.165, 1.54) is 6.07 Å². The van der Waals surface area contributed by atoms with Crippen LogP contribution in [0.25, 0.3) is 11.4 Å². The number of fused-ring (bicyclic) bond motifs is 1. The lowest BCUT2D eigenvalue weighted by atomic mass is 10.0. The third kappa shape index (κ3) is 3.13. The summed E-state index contributed by atoms with van der Waals surface area (Å²) in [5, 5.41) is 8.71. The first kappa shape index (κ1) is 18.2. The SMILES string of the molecule is CC(C)c1[nH]c(=O)ccc1C(=O)N1Cc2nnc(-c3ccccc3)n2[C@@H](C)C1. The van der Waals surface area contributed by atoms with E-state index in [0.29, 0.717) is 24.3 Å². The Kier molecular flexibility index (Phi) is 4.58. The lowest BCUT2D eigenvalue weighted by Gasteiger charge is -2.33. The van der Waals surface area contributed by atoms with Gasteiger partial charge in [0.1, 0.15) is 0 Å². The summed E-state index contributed by atoms with van der Waals surface area (Å²) in [6, 6.07) is 13.0. The van der Waals surface area contributed by atoms with Gasteiger partial charge < -0.3 is 14.5 Å². The number of benzene rings is 1. The zero-order chi connectivity index (χ0) is 19.8. The number of hydrogen-bond acceptors (Lipinski definition) is 4. The summed E-state index contributed by atoms with van der Waals surface area (Å²) in [4.78, 5) is 29.5. The third-order valence-corrected chi connectivity index (χ3v) is 5.10. The second kappa shape index (κ2) is 7.07. The van der Waals surface area contributed by atoms with Crippen LogP contribution in [0.1, 0.15) is 54.6 Å². The number of aromatic nitrogens is 4. The van der Waals surface area contributed by atoms with Gasteiger partial charge in [0, 0.05) is 23.9 Å². The number of amides is 1. The topological polar surface area (TPSA) is 83.9 Å². The molecule has 0 saturated heterocycles. The van der Waals surface area contributed by atoms with Gasteiger partial charge in [-0.3, -0.25) is 9.59 Å². The van der Waals surface area contributed by atoms with Gasteiger partial charge in [-0.2, -0.15) is 0 Å². The fraction of sp³-hybridized carbons (Fsp3) is 0.333. The molecule has 3 heterocycles. The average molecular weight is 377 g/mol. The van der Waals surface area contributed by atoms with Crippen molar-refractivity contribution in [3.05, 3.63) is 69.9 Å². The normalized spacial score (nSPS) is 16.3. The maximum absolute atomic E-state index is 13.2. The predicted octanol–water partition coefficient (Wildman–Crippen LogP) is 2.97. The third-order valence-electron chi connectivity index (χ3n) is 5.10. The molecule has 2 aromatic heterocycles. The van der Waals surface area contributed by atoms with Crippen LogP contribution in [0.2, 0.25) is 0 Å². The average Bonchev–Trinajstić information content (AvgIpc) is 3.12. The van der Waals surface area contributed by atoms with E-state index < -0.39 is 0 Å². The van der Waals surface area contributed by atoms with Gasteiger partial charge in [-0.1, -0.05) is 44.2 Å². The highest BCUT2D eigenvalue weighted by Crippen LogP contribution is 2.28. The van der Waals surface area contributed by atoms with Crippen LogP contribution in [0.15, 0.2) is 47.3 Å². The quantitative estimate of drug-likeness (QED) is 0.761. The molecule has 1 aliphatic rings. The Morgan fingerprint density at radius 2 is 1.89 bits per heavy atom. The molecule has 4 rings (SSSR count). The van der Waals surface area contributed by atoms with Gasteiger partial charge in [-0.05, 0) is 18.9 Å². The van der Waals surface area contributed by atoms with Crippen molar-refractivity contribution in [2.75, 3.05) is 6.54 Å². The summed E-state index contributed by atoms with van der Waals surface area (Å²) in [5.74, 6) is 1.54. The van der Waals surface area contributed by atoms with Crippen molar-refractivity contribution >= 4 is 5.91 Å². The van der Waals surface area contributed by atoms with E-state index in [4.69, 9.17) is 0 Å². The van der Waals surface area contributed by atoms with E-state index in [-0.39, 0.29) is 23.4 Å². The molecule has 7 heteroatoms. The molecule has 1 N–H and O–H groups in total. The lowest BCUT2D eigenvalue weighted by molar-refractivity contribution is 0.0680. The first-order valence-corrected chi connectivity index (χ1v) is 9.47. The molecular weight excluding hydrogens is 354 g/mol. The standard InChI is InChI=1S/C21H23N5O2/c1-13(2)19-16(9-10-18(27)22-19)21(28)25-11-14(3)26-17(12-25)23-24-20(26)15-7-5-4-6-8-15/h4-10,13-14H,11-12H2,1-3H3,(H,22,27)/t14-/m0/s1. The molecule has 0 bridgehead atoms. The van der Waals surface area contributed by atoms with Crippen molar-refractivity contribution in [3.63, 3.8) is 0 Å². The molecule has 1 atom stereocenters. The number of carbonyl (C=O) groups excluding carboxylic acids is 1. The first-order valence-electron chi connectivity index (χ1n) is 9.47. The van der Waals surface area contributed by atoms with E-state index >= 15 is 0 Å². The summed E-state index contributed by atoms with van der Waals surface area (Å²) < 4.78 is 2.11. The second-order valence-electron chi connectivity index (χ2n) is 7.52. The molecule has 1 amide bonds. The molecule has 0 aliphatic carbocycles. The fourth-order valence-corrected chi connectivity index (χ4v) is 3.77. The van der Waals surface area contributed by atoms with Crippen LogP contribution >= 0.6 is 0 Å². The molecule has 1 aliphatic heterocycles. The van der Waals surface area contributed by atoms with Crippen LogP contribution in [0.4, 0.5) is 0 Å². The maximum Gasteiger partial charge on any atom is 0.256 e. The summed E-state index contributed by atoms with van der Waals surface area (Å²) in [6.45, 7) is 6.93. The molecule has 0 fully saturated rings. The Hall–Kier alpha value is -3.22. The van der Waals surface area contributed by atoms with Gasteiger partial charge >= 0.3 is 0 Å². The number of hydrogen-bond donors (Lipinski definition) is 1. The van der Waals surface area contributed by atoms with Gasteiger partial charge in [-0.25, -0.2) is 0 Å². The highest BCUT2D eigenvalue weighted by molar-refractivity contribution is 5.95. The van der Waals surface area contributed by atoms with Crippen molar-refractivity contribution < 1.29 is 4.79 Å². The molecule has 144 valence electrons. The number of H-pyrrole nitrogens is 1. The molecular formula is C21H23N5O2. The number of pyridine rings is 1. The van der Waals surface area contributed by atoms with Gasteiger partial charge in [0.2, 0.25) is 5.56 Å². The van der Waals surface area contributed by atoms with Crippen LogP contribution in [0, 0.1) is 0 Å². The van der Waals surface area contributed by atoms with E-state index in [1.54, 1.807) is 11.0 Å². The molecule has 7 nitrogen and oxygen atoms in total. The lowest BCUT2D eigenvalue weighted by Crippen LogP contribution is -2.41. The Morgan fingerprint density at radius 3 is 2.61 bits per heavy atom. The molecule has 28 heavy (non-hydrogen) atoms. The minimum absolute atomic E-state index is 0.0446. The molecule has 0 unspecified atom stereocenters. The summed E-state index contributed by atoms with van der Waals surface area (Å²) in [5.41, 5.74) is 2.02. The zero-order valence-corrected chi connectivity index (χ0v) is 16.2. The van der Waals surface area contributed by atoms with Crippen molar-refractivity contribution in [1.29, 1.82) is 0 Å². The van der Waals surface area contributed by atoms with Crippen LogP contribution in [-0.2, 0) is 6.54 Å². The maximum atomic E-state index is 13.2. The smallest absolute Gasteiger partial charge is 0.256 e. The van der Waals surface area contributed by atoms with Crippen LogP contribution in [-0.4, -0.2) is 37.1 Å². The van der Waals surface area contributed by atoms with E-state index in [0.717, 1.165) is 17.2 Å². The van der Waals surface area contributed by atoms with Gasteiger partial charge in [0.25, 0.3) is 5.91 Å².